The van der Waals surface area contributed by atoms with E-state index in [0.29, 0.717) is 34.1 Å². The summed E-state index contributed by atoms with van der Waals surface area (Å²) in [5.74, 6) is 0.281. The molecule has 0 radical (unpaired) electrons. The van der Waals surface area contributed by atoms with E-state index < -0.39 is 0 Å². The second kappa shape index (κ2) is 13.5. The maximum atomic E-state index is 12.2. The molecule has 2 heterocycles. The van der Waals surface area contributed by atoms with Gasteiger partial charge in [0.05, 0.1) is 12.3 Å². The molecule has 1 aliphatic heterocycles. The van der Waals surface area contributed by atoms with E-state index in [1.54, 1.807) is 14.1 Å². The second-order valence-electron chi connectivity index (χ2n) is 9.96. The van der Waals surface area contributed by atoms with Crippen LogP contribution in [-0.4, -0.2) is 48.7 Å². The van der Waals surface area contributed by atoms with Crippen LogP contribution in [0.3, 0.4) is 0 Å². The first-order chi connectivity index (χ1) is 18.9. The number of anilines is 1. The number of esters is 1. The van der Waals surface area contributed by atoms with Gasteiger partial charge in [-0.3, -0.25) is 10.2 Å². The zero-order valence-electron chi connectivity index (χ0n) is 23.0. The molecule has 5 rings (SSSR count). The van der Waals surface area contributed by atoms with Crippen LogP contribution in [0.1, 0.15) is 64.8 Å². The Morgan fingerprint density at radius 2 is 1.62 bits per heavy atom. The van der Waals surface area contributed by atoms with Gasteiger partial charge in [0.15, 0.2) is 0 Å². The van der Waals surface area contributed by atoms with Crippen molar-refractivity contribution < 1.29 is 14.3 Å². The van der Waals surface area contributed by atoms with Gasteiger partial charge in [0.25, 0.3) is 0 Å². The van der Waals surface area contributed by atoms with Crippen LogP contribution in [0.2, 0.25) is 0 Å². The van der Waals surface area contributed by atoms with Gasteiger partial charge in [-0.1, -0.05) is 78.4 Å². The topological polar surface area (TPSA) is 95.9 Å². The number of carbonyl (C=O) groups is 2. The SMILES string of the molecule is CCOC(=O)c1sc(NN=C2[C@H]3CCC[C@@H]2[C@H](c2ccccc2)N[C@@H]3c2ccccc2)nc1C.CN(C)C=O. The van der Waals surface area contributed by atoms with E-state index in [0.717, 1.165) is 19.3 Å². The maximum Gasteiger partial charge on any atom is 0.350 e. The smallest absolute Gasteiger partial charge is 0.350 e. The summed E-state index contributed by atoms with van der Waals surface area (Å²) in [5, 5.41) is 9.57. The molecular weight excluding hydrogens is 510 g/mol. The average Bonchev–Trinajstić information content (AvgIpc) is 3.33. The van der Waals surface area contributed by atoms with Crippen molar-refractivity contribution in [1.82, 2.24) is 15.2 Å². The third-order valence-electron chi connectivity index (χ3n) is 7.02. The van der Waals surface area contributed by atoms with E-state index >= 15 is 0 Å². The monoisotopic (exact) mass is 547 g/mol. The lowest BCUT2D eigenvalue weighted by molar-refractivity contribution is -0.115. The van der Waals surface area contributed by atoms with Crippen molar-refractivity contribution in [2.45, 2.75) is 45.2 Å². The number of amides is 1. The minimum absolute atomic E-state index is 0.191. The van der Waals surface area contributed by atoms with Gasteiger partial charge in [0.2, 0.25) is 11.5 Å². The highest BCUT2D eigenvalue weighted by molar-refractivity contribution is 7.17. The van der Waals surface area contributed by atoms with Crippen molar-refractivity contribution in [2.24, 2.45) is 16.9 Å². The summed E-state index contributed by atoms with van der Waals surface area (Å²) in [4.78, 5) is 28.2. The standard InChI is InChI=1S/C27H30N4O2S.C3H7NO/c1-3-33-26(32)25-17(2)28-27(34-25)31-30-24-20-15-10-16-21(24)23(19-13-8-5-9-14-19)29-22(20)18-11-6-4-7-12-18;1-4(2)3-5/h4-9,11-14,20-23,29H,3,10,15-16H2,1-2H3,(H,28,31);3H,1-2H3/t20-,21+,22+,23-;. The van der Waals surface area contributed by atoms with Crippen molar-refractivity contribution >= 4 is 34.6 Å². The lowest BCUT2D eigenvalue weighted by Gasteiger charge is -2.47. The molecule has 1 aliphatic carbocycles. The molecule has 1 amide bonds. The Labute approximate surface area is 234 Å². The minimum Gasteiger partial charge on any atom is -0.462 e. The van der Waals surface area contributed by atoms with Crippen LogP contribution in [0, 0.1) is 18.8 Å². The molecule has 206 valence electrons. The van der Waals surface area contributed by atoms with Crippen LogP contribution in [0.5, 0.6) is 0 Å². The van der Waals surface area contributed by atoms with E-state index in [9.17, 15) is 9.59 Å². The number of ether oxygens (including phenoxy) is 1. The number of hydrogen-bond donors (Lipinski definition) is 2. The van der Waals surface area contributed by atoms with Crippen LogP contribution < -0.4 is 10.7 Å². The lowest BCUT2D eigenvalue weighted by atomic mass is 9.67. The number of aryl methyl sites for hydroxylation is 1. The highest BCUT2D eigenvalue weighted by atomic mass is 32.1. The summed E-state index contributed by atoms with van der Waals surface area (Å²) in [6, 6.07) is 21.7. The number of rotatable bonds is 7. The Hall–Kier alpha value is -3.56. The summed E-state index contributed by atoms with van der Waals surface area (Å²) in [6.45, 7) is 3.98. The molecule has 1 saturated heterocycles. The Balaban J connectivity index is 0.000000648. The van der Waals surface area contributed by atoms with E-state index in [1.807, 2.05) is 13.8 Å². The summed E-state index contributed by atoms with van der Waals surface area (Å²) >= 11 is 1.30. The van der Waals surface area contributed by atoms with E-state index in [4.69, 9.17) is 9.84 Å². The largest absolute Gasteiger partial charge is 0.462 e. The van der Waals surface area contributed by atoms with Crippen molar-refractivity contribution in [3.8, 4) is 0 Å². The molecule has 4 atom stereocenters. The predicted octanol–water partition coefficient (Wildman–Crippen LogP) is 5.60. The van der Waals surface area contributed by atoms with E-state index in [-0.39, 0.29) is 18.1 Å². The second-order valence-corrected chi connectivity index (χ2v) is 11.0. The maximum absolute atomic E-state index is 12.2. The van der Waals surface area contributed by atoms with Gasteiger partial charge in [-0.2, -0.15) is 5.10 Å². The van der Waals surface area contributed by atoms with E-state index in [2.05, 4.69) is 76.4 Å². The van der Waals surface area contributed by atoms with Crippen molar-refractivity contribution in [2.75, 3.05) is 26.1 Å². The molecule has 3 aromatic rings. The fourth-order valence-electron chi connectivity index (χ4n) is 5.32. The van der Waals surface area contributed by atoms with Gasteiger partial charge < -0.3 is 15.0 Å². The number of hydrogen-bond acceptors (Lipinski definition) is 8. The molecular formula is C30H37N5O3S. The molecule has 1 saturated carbocycles. The van der Waals surface area contributed by atoms with Gasteiger partial charge in [0, 0.05) is 43.7 Å². The number of fused-ring (bicyclic) bond motifs is 2. The third-order valence-corrected chi connectivity index (χ3v) is 8.06. The average molecular weight is 548 g/mol. The van der Waals surface area contributed by atoms with Crippen molar-refractivity contribution in [3.63, 3.8) is 0 Å². The molecule has 9 heteroatoms. The number of hydrazone groups is 1. The molecule has 2 N–H and O–H groups in total. The number of nitrogens with zero attached hydrogens (tertiary/aromatic N) is 3. The molecule has 0 spiro atoms. The van der Waals surface area contributed by atoms with Crippen molar-refractivity contribution in [3.05, 3.63) is 82.4 Å². The first-order valence-corrected chi connectivity index (χ1v) is 14.2. The normalized spacial score (nSPS) is 22.8. The quantitative estimate of drug-likeness (QED) is 0.227. The zero-order valence-corrected chi connectivity index (χ0v) is 23.8. The molecule has 2 aromatic carbocycles. The van der Waals surface area contributed by atoms with Gasteiger partial charge in [0.1, 0.15) is 4.88 Å². The number of carbonyl (C=O) groups excluding carboxylic acids is 2. The number of nitrogens with one attached hydrogen (secondary N) is 2. The zero-order chi connectivity index (χ0) is 27.8. The van der Waals surface area contributed by atoms with Crippen LogP contribution in [-0.2, 0) is 9.53 Å². The number of aromatic nitrogens is 1. The molecule has 8 nitrogen and oxygen atoms in total. The molecule has 39 heavy (non-hydrogen) atoms. The van der Waals surface area contributed by atoms with Gasteiger partial charge in [-0.15, -0.1) is 0 Å². The highest BCUT2D eigenvalue weighted by Crippen LogP contribution is 2.46. The summed E-state index contributed by atoms with van der Waals surface area (Å²) < 4.78 is 5.16. The van der Waals surface area contributed by atoms with Gasteiger partial charge >= 0.3 is 5.97 Å². The third kappa shape index (κ3) is 6.91. The highest BCUT2D eigenvalue weighted by Gasteiger charge is 2.45. The molecule has 2 fully saturated rings. The Morgan fingerprint density at radius 1 is 1.08 bits per heavy atom. The van der Waals surface area contributed by atoms with Crippen LogP contribution >= 0.6 is 11.3 Å². The molecule has 2 bridgehead atoms. The molecule has 0 unspecified atom stereocenters. The van der Waals surface area contributed by atoms with Crippen LogP contribution in [0.25, 0.3) is 0 Å². The summed E-state index contributed by atoms with van der Waals surface area (Å²) in [6.07, 6.45) is 4.12. The number of benzene rings is 2. The van der Waals surface area contributed by atoms with Gasteiger partial charge in [-0.25, -0.2) is 9.78 Å². The summed E-state index contributed by atoms with van der Waals surface area (Å²) in [7, 11) is 3.38. The minimum atomic E-state index is -0.328. The Morgan fingerprint density at radius 3 is 2.10 bits per heavy atom. The fourth-order valence-corrected chi connectivity index (χ4v) is 6.12. The first-order valence-electron chi connectivity index (χ1n) is 13.4. The van der Waals surface area contributed by atoms with Crippen molar-refractivity contribution in [1.29, 1.82) is 0 Å². The predicted molar refractivity (Wildman–Crippen MR) is 156 cm³/mol. The number of thiazole rings is 1. The van der Waals surface area contributed by atoms with E-state index in [1.165, 1.54) is 39.5 Å². The van der Waals surface area contributed by atoms with Crippen LogP contribution in [0.4, 0.5) is 5.13 Å². The number of piperidine rings is 1. The first kappa shape index (κ1) is 28.4. The lowest BCUT2D eigenvalue weighted by Crippen LogP contribution is -2.50. The fraction of sp³-hybridized carbons (Fsp3) is 0.400. The molecule has 1 aromatic heterocycles. The Kier molecular flexibility index (Phi) is 9.84. The van der Waals surface area contributed by atoms with Gasteiger partial charge in [-0.05, 0) is 37.8 Å². The molecule has 2 aliphatic rings. The summed E-state index contributed by atoms with van der Waals surface area (Å²) in [5.41, 5.74) is 7.64. The van der Waals surface area contributed by atoms with Crippen LogP contribution in [0.15, 0.2) is 65.8 Å². The Bertz CT molecular complexity index is 1210.